The first-order chi connectivity index (χ1) is 8.57. The molecular formula is C12H24O5Si. The van der Waals surface area contributed by atoms with E-state index in [2.05, 4.69) is 6.58 Å². The second-order valence-corrected chi connectivity index (χ2v) is 6.05. The lowest BCUT2D eigenvalue weighted by atomic mass is 10.5. The standard InChI is InChI=1S/C12H24O5Si/c1-6-10-14-12(13)11(5)18(15-7-2,16-8-3)17-9-4/h5-10H2,1-4H3. The smallest absolute Gasteiger partial charge is 0.462 e. The maximum Gasteiger partial charge on any atom is 0.544 e. The molecular weight excluding hydrogens is 252 g/mol. The van der Waals surface area contributed by atoms with Crippen LogP contribution in [0, 0.1) is 0 Å². The Morgan fingerprint density at radius 2 is 1.44 bits per heavy atom. The van der Waals surface area contributed by atoms with Gasteiger partial charge in [0.05, 0.1) is 6.61 Å². The summed E-state index contributed by atoms with van der Waals surface area (Å²) in [6, 6.07) is 0. The summed E-state index contributed by atoms with van der Waals surface area (Å²) in [5.74, 6) is -0.501. The number of rotatable bonds is 10. The van der Waals surface area contributed by atoms with Crippen LogP contribution in [0.5, 0.6) is 0 Å². The third-order valence-electron chi connectivity index (χ3n) is 2.06. The number of carbonyl (C=O) groups is 1. The molecule has 0 N–H and O–H groups in total. The SMILES string of the molecule is C=C(C(=O)OCCC)[Si](OCC)(OCC)OCC. The summed E-state index contributed by atoms with van der Waals surface area (Å²) in [6.07, 6.45) is 0.755. The summed E-state index contributed by atoms with van der Waals surface area (Å²) in [5.41, 5.74) is 0. The van der Waals surface area contributed by atoms with Gasteiger partial charge < -0.3 is 18.0 Å². The van der Waals surface area contributed by atoms with E-state index in [9.17, 15) is 4.79 Å². The van der Waals surface area contributed by atoms with Crippen LogP contribution in [0.4, 0.5) is 0 Å². The molecule has 0 fully saturated rings. The minimum atomic E-state index is -3.18. The lowest BCUT2D eigenvalue weighted by Crippen LogP contribution is -2.50. The Kier molecular flexibility index (Phi) is 8.91. The maximum atomic E-state index is 11.8. The summed E-state index contributed by atoms with van der Waals surface area (Å²) in [4.78, 5) is 11.8. The molecule has 6 heteroatoms. The van der Waals surface area contributed by atoms with Crippen LogP contribution in [0.15, 0.2) is 11.8 Å². The first-order valence-electron chi connectivity index (χ1n) is 6.36. The summed E-state index contributed by atoms with van der Waals surface area (Å²) >= 11 is 0. The molecule has 0 amide bonds. The van der Waals surface area contributed by atoms with Crippen molar-refractivity contribution in [1.29, 1.82) is 0 Å². The van der Waals surface area contributed by atoms with Gasteiger partial charge in [-0.05, 0) is 27.2 Å². The number of hydrogen-bond acceptors (Lipinski definition) is 5. The van der Waals surface area contributed by atoms with Crippen molar-refractivity contribution < 1.29 is 22.8 Å². The number of esters is 1. The second kappa shape index (κ2) is 9.27. The molecule has 0 aliphatic carbocycles. The molecule has 5 nitrogen and oxygen atoms in total. The van der Waals surface area contributed by atoms with Crippen LogP contribution in [0.2, 0.25) is 0 Å². The molecule has 0 bridgehead atoms. The molecule has 0 saturated carbocycles. The molecule has 0 heterocycles. The average molecular weight is 276 g/mol. The normalized spacial score (nSPS) is 11.3. The van der Waals surface area contributed by atoms with Crippen LogP contribution < -0.4 is 0 Å². The molecule has 0 spiro atoms. The lowest BCUT2D eigenvalue weighted by molar-refractivity contribution is -0.139. The van der Waals surface area contributed by atoms with Crippen LogP contribution in [0.1, 0.15) is 34.1 Å². The highest BCUT2D eigenvalue weighted by molar-refractivity contribution is 6.73. The van der Waals surface area contributed by atoms with Gasteiger partial charge in [0.15, 0.2) is 0 Å². The zero-order valence-electron chi connectivity index (χ0n) is 11.8. The predicted octanol–water partition coefficient (Wildman–Crippen LogP) is 2.08. The van der Waals surface area contributed by atoms with Crippen molar-refractivity contribution in [2.75, 3.05) is 26.4 Å². The van der Waals surface area contributed by atoms with E-state index in [0.717, 1.165) is 6.42 Å². The van der Waals surface area contributed by atoms with E-state index < -0.39 is 14.8 Å². The van der Waals surface area contributed by atoms with Crippen molar-refractivity contribution in [2.24, 2.45) is 0 Å². The zero-order valence-corrected chi connectivity index (χ0v) is 12.8. The van der Waals surface area contributed by atoms with Crippen LogP contribution in [-0.2, 0) is 22.8 Å². The van der Waals surface area contributed by atoms with E-state index in [-0.39, 0.29) is 5.20 Å². The molecule has 0 aliphatic rings. The Labute approximate surface area is 110 Å². The Balaban J connectivity index is 4.89. The molecule has 0 aromatic carbocycles. The quantitative estimate of drug-likeness (QED) is 0.347. The van der Waals surface area contributed by atoms with Gasteiger partial charge in [0.25, 0.3) is 0 Å². The van der Waals surface area contributed by atoms with Gasteiger partial charge >= 0.3 is 14.8 Å². The van der Waals surface area contributed by atoms with Crippen molar-refractivity contribution in [2.45, 2.75) is 34.1 Å². The highest BCUT2D eigenvalue weighted by Gasteiger charge is 2.48. The summed E-state index contributed by atoms with van der Waals surface area (Å²) in [5, 5.41) is 0.168. The molecule has 0 rings (SSSR count). The first-order valence-corrected chi connectivity index (χ1v) is 8.08. The van der Waals surface area contributed by atoms with Gasteiger partial charge in [-0.25, -0.2) is 4.79 Å². The van der Waals surface area contributed by atoms with E-state index in [1.54, 1.807) is 0 Å². The molecule has 0 unspecified atom stereocenters. The minimum absolute atomic E-state index is 0.168. The molecule has 106 valence electrons. The molecule has 0 aromatic heterocycles. The van der Waals surface area contributed by atoms with Crippen LogP contribution in [0.3, 0.4) is 0 Å². The van der Waals surface area contributed by atoms with Gasteiger partial charge in [0.1, 0.15) is 5.20 Å². The average Bonchev–Trinajstić information content (AvgIpc) is 2.35. The van der Waals surface area contributed by atoms with E-state index in [0.29, 0.717) is 26.4 Å². The van der Waals surface area contributed by atoms with Gasteiger partial charge in [-0.15, -0.1) is 0 Å². The van der Waals surface area contributed by atoms with Crippen molar-refractivity contribution >= 4 is 14.8 Å². The lowest BCUT2D eigenvalue weighted by Gasteiger charge is -2.28. The number of ether oxygens (including phenoxy) is 1. The highest BCUT2D eigenvalue weighted by atomic mass is 28.4. The Morgan fingerprint density at radius 3 is 1.78 bits per heavy atom. The van der Waals surface area contributed by atoms with Crippen molar-refractivity contribution in [3.05, 3.63) is 11.8 Å². The van der Waals surface area contributed by atoms with Gasteiger partial charge in [-0.2, -0.15) is 0 Å². The molecule has 18 heavy (non-hydrogen) atoms. The number of hydrogen-bond donors (Lipinski definition) is 0. The maximum absolute atomic E-state index is 11.8. The minimum Gasteiger partial charge on any atom is -0.462 e. The molecule has 0 atom stereocenters. The molecule has 0 radical (unpaired) electrons. The third kappa shape index (κ3) is 4.89. The third-order valence-corrected chi connectivity index (χ3v) is 5.01. The highest BCUT2D eigenvalue weighted by Crippen LogP contribution is 2.20. The van der Waals surface area contributed by atoms with Crippen molar-refractivity contribution in [1.82, 2.24) is 0 Å². The van der Waals surface area contributed by atoms with Gasteiger partial charge in [-0.1, -0.05) is 13.5 Å². The predicted molar refractivity (Wildman–Crippen MR) is 71.0 cm³/mol. The van der Waals surface area contributed by atoms with E-state index in [1.165, 1.54) is 0 Å². The van der Waals surface area contributed by atoms with Crippen molar-refractivity contribution in [3.8, 4) is 0 Å². The Bertz CT molecular complexity index is 250. The number of carbonyl (C=O) groups excluding carboxylic acids is 1. The Morgan fingerprint density at radius 1 is 1.00 bits per heavy atom. The Hall–Kier alpha value is -0.693. The zero-order chi connectivity index (χ0) is 14.0. The fraction of sp³-hybridized carbons (Fsp3) is 0.750. The largest absolute Gasteiger partial charge is 0.544 e. The summed E-state index contributed by atoms with van der Waals surface area (Å²) in [7, 11) is -3.18. The monoisotopic (exact) mass is 276 g/mol. The van der Waals surface area contributed by atoms with Crippen LogP contribution in [-0.4, -0.2) is 41.2 Å². The van der Waals surface area contributed by atoms with E-state index >= 15 is 0 Å². The van der Waals surface area contributed by atoms with Crippen LogP contribution in [0.25, 0.3) is 0 Å². The van der Waals surface area contributed by atoms with Gasteiger partial charge in [0.2, 0.25) is 0 Å². The molecule has 0 saturated heterocycles. The van der Waals surface area contributed by atoms with Crippen LogP contribution >= 0.6 is 0 Å². The van der Waals surface area contributed by atoms with Crippen molar-refractivity contribution in [3.63, 3.8) is 0 Å². The molecule has 0 aromatic rings. The van der Waals surface area contributed by atoms with Gasteiger partial charge in [0, 0.05) is 19.8 Å². The topological polar surface area (TPSA) is 54.0 Å². The second-order valence-electron chi connectivity index (χ2n) is 3.47. The van der Waals surface area contributed by atoms with Gasteiger partial charge in [-0.3, -0.25) is 0 Å². The first kappa shape index (κ1) is 17.3. The fourth-order valence-corrected chi connectivity index (χ4v) is 3.60. The van der Waals surface area contributed by atoms with E-state index in [4.69, 9.17) is 18.0 Å². The molecule has 0 aliphatic heterocycles. The fourth-order valence-electron chi connectivity index (χ4n) is 1.36. The summed E-state index contributed by atoms with van der Waals surface area (Å²) in [6.45, 7) is 12.7. The van der Waals surface area contributed by atoms with E-state index in [1.807, 2.05) is 27.7 Å². The summed E-state index contributed by atoms with van der Waals surface area (Å²) < 4.78 is 21.8.